The molecule has 1 unspecified atom stereocenters. The van der Waals surface area contributed by atoms with Crippen LogP contribution in [-0.4, -0.2) is 43.0 Å². The number of carbonyl (C=O) groups excluding carboxylic acids is 1. The molecule has 4 N–H and O–H groups in total. The molecule has 1 fully saturated rings. The number of piperazine rings is 1. The van der Waals surface area contributed by atoms with Crippen LogP contribution in [0.2, 0.25) is 0 Å². The van der Waals surface area contributed by atoms with Gasteiger partial charge in [0.05, 0.1) is 16.9 Å². The second-order valence-electron chi connectivity index (χ2n) is 5.38. The molecule has 0 saturated carbocycles. The van der Waals surface area contributed by atoms with Crippen LogP contribution in [0.4, 0.5) is 11.4 Å². The smallest absolute Gasteiger partial charge is 0.250 e. The molecule has 2 rings (SSSR count). The van der Waals surface area contributed by atoms with E-state index in [1.54, 1.807) is 6.07 Å². The van der Waals surface area contributed by atoms with Crippen molar-refractivity contribution in [3.05, 3.63) is 23.8 Å². The van der Waals surface area contributed by atoms with Crippen molar-refractivity contribution in [1.82, 2.24) is 4.90 Å². The fourth-order valence-electron chi connectivity index (χ4n) is 2.71. The standard InChI is InChI=1S/C15H24N4O/c1-3-11(2)18-7-9-19(10-8-18)13-6-4-5-12(14(13)16)15(17)20/h4-6,11H,3,7-10,16H2,1-2H3,(H2,17,20). The molecular formula is C15H24N4O. The number of nitrogens with zero attached hydrogens (tertiary/aromatic N) is 2. The molecule has 1 aromatic carbocycles. The highest BCUT2D eigenvalue weighted by molar-refractivity contribution is 6.00. The molecule has 5 heteroatoms. The highest BCUT2D eigenvalue weighted by Crippen LogP contribution is 2.27. The summed E-state index contributed by atoms with van der Waals surface area (Å²) in [5, 5.41) is 0. The summed E-state index contributed by atoms with van der Waals surface area (Å²) in [6, 6.07) is 6.09. The number of anilines is 2. The van der Waals surface area contributed by atoms with E-state index in [1.807, 2.05) is 12.1 Å². The number of hydrogen-bond donors (Lipinski definition) is 2. The van der Waals surface area contributed by atoms with Crippen molar-refractivity contribution < 1.29 is 4.79 Å². The van der Waals surface area contributed by atoms with Gasteiger partial charge in [-0.05, 0) is 25.5 Å². The first kappa shape index (κ1) is 14.7. The minimum Gasteiger partial charge on any atom is -0.396 e. The highest BCUT2D eigenvalue weighted by Gasteiger charge is 2.22. The van der Waals surface area contributed by atoms with E-state index in [1.165, 1.54) is 6.42 Å². The van der Waals surface area contributed by atoms with E-state index in [4.69, 9.17) is 11.5 Å². The van der Waals surface area contributed by atoms with Gasteiger partial charge >= 0.3 is 0 Å². The predicted octanol–water partition coefficient (Wildman–Crippen LogP) is 1.29. The van der Waals surface area contributed by atoms with Crippen molar-refractivity contribution >= 4 is 17.3 Å². The average Bonchev–Trinajstić information content (AvgIpc) is 2.46. The number of nitrogens with two attached hydrogens (primary N) is 2. The summed E-state index contributed by atoms with van der Waals surface area (Å²) < 4.78 is 0. The molecule has 110 valence electrons. The molecule has 1 aromatic rings. The Bertz CT molecular complexity index is 481. The largest absolute Gasteiger partial charge is 0.396 e. The third-order valence-corrected chi connectivity index (χ3v) is 4.22. The Balaban J connectivity index is 2.11. The molecule has 0 aromatic heterocycles. The number of hydrogen-bond acceptors (Lipinski definition) is 4. The molecule has 1 aliphatic heterocycles. The van der Waals surface area contributed by atoms with Crippen LogP contribution in [0.25, 0.3) is 0 Å². The predicted molar refractivity (Wildman–Crippen MR) is 82.9 cm³/mol. The molecule has 1 atom stereocenters. The summed E-state index contributed by atoms with van der Waals surface area (Å²) in [5.74, 6) is -0.470. The van der Waals surface area contributed by atoms with Crippen molar-refractivity contribution in [2.45, 2.75) is 26.3 Å². The van der Waals surface area contributed by atoms with E-state index in [-0.39, 0.29) is 0 Å². The van der Waals surface area contributed by atoms with Crippen LogP contribution in [0.1, 0.15) is 30.6 Å². The number of primary amides is 1. The molecule has 0 spiro atoms. The average molecular weight is 276 g/mol. The van der Waals surface area contributed by atoms with Crippen LogP contribution in [-0.2, 0) is 0 Å². The zero-order chi connectivity index (χ0) is 14.7. The molecule has 5 nitrogen and oxygen atoms in total. The Hall–Kier alpha value is -1.75. The van der Waals surface area contributed by atoms with E-state index in [9.17, 15) is 4.79 Å². The number of para-hydroxylation sites is 1. The molecule has 0 aliphatic carbocycles. The molecule has 1 heterocycles. The van der Waals surface area contributed by atoms with Crippen LogP contribution in [0.3, 0.4) is 0 Å². The molecule has 1 saturated heterocycles. The Morgan fingerprint density at radius 2 is 1.95 bits per heavy atom. The van der Waals surface area contributed by atoms with Crippen LogP contribution >= 0.6 is 0 Å². The third kappa shape index (κ3) is 2.88. The maximum absolute atomic E-state index is 11.4. The van der Waals surface area contributed by atoms with Gasteiger partial charge in [0.2, 0.25) is 0 Å². The molecule has 1 amide bonds. The number of nitrogen functional groups attached to an aromatic ring is 1. The molecular weight excluding hydrogens is 252 g/mol. The van der Waals surface area contributed by atoms with Crippen molar-refractivity contribution in [3.8, 4) is 0 Å². The van der Waals surface area contributed by atoms with Gasteiger partial charge in [-0.15, -0.1) is 0 Å². The van der Waals surface area contributed by atoms with Gasteiger partial charge in [-0.2, -0.15) is 0 Å². The lowest BCUT2D eigenvalue weighted by Crippen LogP contribution is -2.49. The van der Waals surface area contributed by atoms with E-state index < -0.39 is 5.91 Å². The van der Waals surface area contributed by atoms with Crippen molar-refractivity contribution in [1.29, 1.82) is 0 Å². The molecule has 1 aliphatic rings. The van der Waals surface area contributed by atoms with E-state index in [0.717, 1.165) is 31.9 Å². The fraction of sp³-hybridized carbons (Fsp3) is 0.533. The van der Waals surface area contributed by atoms with Gasteiger partial charge in [0.15, 0.2) is 0 Å². The molecule has 0 bridgehead atoms. The Kier molecular flexibility index (Phi) is 4.49. The van der Waals surface area contributed by atoms with Crippen molar-refractivity contribution in [2.24, 2.45) is 5.73 Å². The zero-order valence-corrected chi connectivity index (χ0v) is 12.3. The first-order valence-corrected chi connectivity index (χ1v) is 7.21. The summed E-state index contributed by atoms with van der Waals surface area (Å²) in [7, 11) is 0. The van der Waals surface area contributed by atoms with Crippen molar-refractivity contribution in [2.75, 3.05) is 36.8 Å². The monoisotopic (exact) mass is 276 g/mol. The Morgan fingerprint density at radius 3 is 2.50 bits per heavy atom. The summed E-state index contributed by atoms with van der Waals surface area (Å²) in [4.78, 5) is 16.1. The van der Waals surface area contributed by atoms with Gasteiger partial charge in [0.1, 0.15) is 0 Å². The van der Waals surface area contributed by atoms with Crippen LogP contribution in [0, 0.1) is 0 Å². The van der Waals surface area contributed by atoms with Crippen LogP contribution < -0.4 is 16.4 Å². The number of rotatable bonds is 4. The minimum atomic E-state index is -0.470. The second kappa shape index (κ2) is 6.13. The lowest BCUT2D eigenvalue weighted by atomic mass is 10.1. The van der Waals surface area contributed by atoms with Gasteiger partial charge in [0.25, 0.3) is 5.91 Å². The van der Waals surface area contributed by atoms with Gasteiger partial charge in [-0.25, -0.2) is 0 Å². The van der Waals surface area contributed by atoms with Crippen molar-refractivity contribution in [3.63, 3.8) is 0 Å². The fourth-order valence-corrected chi connectivity index (χ4v) is 2.71. The second-order valence-corrected chi connectivity index (χ2v) is 5.38. The Morgan fingerprint density at radius 1 is 1.30 bits per heavy atom. The van der Waals surface area contributed by atoms with Crippen LogP contribution in [0.5, 0.6) is 0 Å². The number of benzene rings is 1. The van der Waals surface area contributed by atoms with E-state index in [2.05, 4.69) is 23.6 Å². The van der Waals surface area contributed by atoms with Gasteiger partial charge in [-0.1, -0.05) is 13.0 Å². The third-order valence-electron chi connectivity index (χ3n) is 4.22. The Labute approximate surface area is 120 Å². The highest BCUT2D eigenvalue weighted by atomic mass is 16.1. The maximum Gasteiger partial charge on any atom is 0.250 e. The van der Waals surface area contributed by atoms with E-state index >= 15 is 0 Å². The summed E-state index contributed by atoms with van der Waals surface area (Å²) >= 11 is 0. The van der Waals surface area contributed by atoms with Gasteiger partial charge < -0.3 is 16.4 Å². The SMILES string of the molecule is CCC(C)N1CCN(c2cccc(C(N)=O)c2N)CC1. The zero-order valence-electron chi connectivity index (χ0n) is 12.3. The van der Waals surface area contributed by atoms with Crippen LogP contribution in [0.15, 0.2) is 18.2 Å². The summed E-state index contributed by atoms with van der Waals surface area (Å²) in [6.07, 6.45) is 1.17. The summed E-state index contributed by atoms with van der Waals surface area (Å²) in [6.45, 7) is 8.38. The van der Waals surface area contributed by atoms with Gasteiger partial charge in [0, 0.05) is 32.2 Å². The van der Waals surface area contributed by atoms with E-state index in [0.29, 0.717) is 17.3 Å². The number of amides is 1. The maximum atomic E-state index is 11.4. The van der Waals surface area contributed by atoms with Gasteiger partial charge in [-0.3, -0.25) is 9.69 Å². The quantitative estimate of drug-likeness (QED) is 0.813. The molecule has 20 heavy (non-hydrogen) atoms. The topological polar surface area (TPSA) is 75.6 Å². The number of carbonyl (C=O) groups is 1. The lowest BCUT2D eigenvalue weighted by molar-refractivity contribution is 0.100. The normalized spacial score (nSPS) is 18.0. The summed E-state index contributed by atoms with van der Waals surface area (Å²) in [5.41, 5.74) is 13.3. The molecule has 0 radical (unpaired) electrons. The first-order chi connectivity index (χ1) is 9.54. The first-order valence-electron chi connectivity index (χ1n) is 7.21. The lowest BCUT2D eigenvalue weighted by Gasteiger charge is -2.39. The minimum absolute atomic E-state index is 0.409.